The van der Waals surface area contributed by atoms with Crippen molar-refractivity contribution in [2.45, 2.75) is 0 Å². The molecule has 0 aliphatic carbocycles. The molecule has 0 atom stereocenters. The van der Waals surface area contributed by atoms with Crippen molar-refractivity contribution < 1.29 is 4.42 Å². The molecule has 0 bridgehead atoms. The van der Waals surface area contributed by atoms with E-state index in [0.717, 1.165) is 83.6 Å². The van der Waals surface area contributed by atoms with Crippen LogP contribution in [0.25, 0.3) is 105 Å². The van der Waals surface area contributed by atoms with Crippen LogP contribution in [0.3, 0.4) is 0 Å². The average molecular weight is 881 g/mol. The zero-order valence-electron chi connectivity index (χ0n) is 37.7. The van der Waals surface area contributed by atoms with E-state index < -0.39 is 0 Å². The highest BCUT2D eigenvalue weighted by molar-refractivity contribution is 6.11. The van der Waals surface area contributed by atoms with Crippen LogP contribution < -0.4 is 4.90 Å². The zero-order chi connectivity index (χ0) is 45.7. The first-order chi connectivity index (χ1) is 34.2. The van der Waals surface area contributed by atoms with Gasteiger partial charge in [-0.1, -0.05) is 212 Å². The molecule has 2 heterocycles. The van der Waals surface area contributed by atoms with E-state index in [1.54, 1.807) is 0 Å². The monoisotopic (exact) mass is 880 g/mol. The molecule has 0 aliphatic rings. The summed E-state index contributed by atoms with van der Waals surface area (Å²) in [5.41, 5.74) is 20.0. The Kier molecular flexibility index (Phi) is 9.84. The van der Waals surface area contributed by atoms with E-state index in [4.69, 9.17) is 4.42 Å². The molecule has 0 aliphatic heterocycles. The number of hydrogen-bond acceptors (Lipinski definition) is 2. The Morgan fingerprint density at radius 2 is 0.768 bits per heavy atom. The molecular formula is C66H44N2O. The highest BCUT2D eigenvalue weighted by Gasteiger charge is 2.20. The Bertz CT molecular complexity index is 3940. The van der Waals surface area contributed by atoms with Crippen molar-refractivity contribution in [3.05, 3.63) is 267 Å². The van der Waals surface area contributed by atoms with Crippen LogP contribution in [0.15, 0.2) is 271 Å². The predicted molar refractivity (Wildman–Crippen MR) is 290 cm³/mol. The molecule has 3 nitrogen and oxygen atoms in total. The third-order valence-corrected chi connectivity index (χ3v) is 13.6. The molecule has 69 heavy (non-hydrogen) atoms. The van der Waals surface area contributed by atoms with Gasteiger partial charge in [0.25, 0.3) is 0 Å². The molecule has 0 radical (unpaired) electrons. The van der Waals surface area contributed by atoms with E-state index >= 15 is 0 Å². The Labute approximate surface area is 401 Å². The first-order valence-electron chi connectivity index (χ1n) is 23.6. The second-order valence-corrected chi connectivity index (χ2v) is 17.6. The topological polar surface area (TPSA) is 21.3 Å². The third kappa shape index (κ3) is 7.08. The van der Waals surface area contributed by atoms with Crippen LogP contribution in [0.1, 0.15) is 0 Å². The van der Waals surface area contributed by atoms with Gasteiger partial charge < -0.3 is 13.9 Å². The first-order valence-corrected chi connectivity index (χ1v) is 23.6. The van der Waals surface area contributed by atoms with Crippen molar-refractivity contribution in [3.8, 4) is 61.3 Å². The van der Waals surface area contributed by atoms with Gasteiger partial charge in [-0.2, -0.15) is 0 Å². The fraction of sp³-hybridized carbons (Fsp3) is 0. The van der Waals surface area contributed by atoms with Gasteiger partial charge >= 0.3 is 0 Å². The van der Waals surface area contributed by atoms with Gasteiger partial charge in [-0.05, 0) is 93.5 Å². The lowest BCUT2D eigenvalue weighted by molar-refractivity contribution is 0.670. The summed E-state index contributed by atoms with van der Waals surface area (Å²) >= 11 is 0. The lowest BCUT2D eigenvalue weighted by atomic mass is 9.96. The van der Waals surface area contributed by atoms with Gasteiger partial charge in [0.2, 0.25) is 0 Å². The third-order valence-electron chi connectivity index (χ3n) is 13.6. The van der Waals surface area contributed by atoms with Crippen LogP contribution in [-0.4, -0.2) is 4.57 Å². The van der Waals surface area contributed by atoms with Crippen LogP contribution in [0.2, 0.25) is 0 Å². The van der Waals surface area contributed by atoms with Crippen LogP contribution in [0, 0.1) is 0 Å². The van der Waals surface area contributed by atoms with E-state index in [1.807, 2.05) is 12.1 Å². The number of furan rings is 1. The largest absolute Gasteiger partial charge is 0.455 e. The van der Waals surface area contributed by atoms with Gasteiger partial charge in [0, 0.05) is 49.6 Å². The van der Waals surface area contributed by atoms with Crippen molar-refractivity contribution in [2.24, 2.45) is 0 Å². The Morgan fingerprint density at radius 1 is 0.290 bits per heavy atom. The number of benzene rings is 11. The predicted octanol–water partition coefficient (Wildman–Crippen LogP) is 18.5. The maximum Gasteiger partial charge on any atom is 0.143 e. The molecule has 0 unspecified atom stereocenters. The van der Waals surface area contributed by atoms with Gasteiger partial charge in [-0.25, -0.2) is 0 Å². The van der Waals surface area contributed by atoms with Gasteiger partial charge in [0.1, 0.15) is 11.2 Å². The molecule has 0 fully saturated rings. The molecular weight excluding hydrogens is 837 g/mol. The zero-order valence-corrected chi connectivity index (χ0v) is 37.7. The fourth-order valence-corrected chi connectivity index (χ4v) is 10.3. The molecule has 0 saturated carbocycles. The Morgan fingerprint density at radius 3 is 1.51 bits per heavy atom. The van der Waals surface area contributed by atoms with Crippen molar-refractivity contribution in [2.75, 3.05) is 4.90 Å². The highest BCUT2D eigenvalue weighted by Crippen LogP contribution is 2.44. The van der Waals surface area contributed by atoms with E-state index in [9.17, 15) is 0 Å². The van der Waals surface area contributed by atoms with E-state index in [2.05, 4.69) is 264 Å². The molecule has 324 valence electrons. The number of para-hydroxylation sites is 6. The molecule has 0 amide bonds. The maximum absolute atomic E-state index is 6.49. The molecule has 11 aromatic carbocycles. The fourth-order valence-electron chi connectivity index (χ4n) is 10.3. The molecule has 0 spiro atoms. The lowest BCUT2D eigenvalue weighted by Gasteiger charge is -2.28. The first kappa shape index (κ1) is 40.1. The number of hydrogen-bond donors (Lipinski definition) is 0. The minimum absolute atomic E-state index is 0.898. The second-order valence-electron chi connectivity index (χ2n) is 17.6. The molecule has 2 aromatic heterocycles. The van der Waals surface area contributed by atoms with Crippen molar-refractivity contribution >= 4 is 60.8 Å². The van der Waals surface area contributed by atoms with Crippen molar-refractivity contribution in [1.82, 2.24) is 4.57 Å². The SMILES string of the molecule is c1ccc(-c2ccc(-c3cccc(N(c4ccc(-c5cccc6c5oc5ccccc56)cc4)c4ccccc4-c4ccc(-c5ccccc5-n5c6ccccc6c6ccccc65)cc4)c3)cc2)cc1. The van der Waals surface area contributed by atoms with Crippen LogP contribution in [0.4, 0.5) is 17.1 Å². The standard InChI is InChI=1S/C66H44N2O/c1-2-16-45(17-3-1)46-32-34-47(35-33-46)51-18-14-19-53(44-51)67(52-42-40-50(41-43-52)56-25-15-26-60-59-24-8-13-31-65(59)69-66(56)60)61-27-9-4-20-54(61)48-36-38-49(39-37-48)55-21-5-10-28-62(55)68-63-29-11-6-22-57(63)58-23-7-12-30-64(58)68/h1-44H. The maximum atomic E-state index is 6.49. The summed E-state index contributed by atoms with van der Waals surface area (Å²) in [5.74, 6) is 0. The number of fused-ring (bicyclic) bond motifs is 6. The molecule has 0 N–H and O–H groups in total. The molecule has 3 heteroatoms. The summed E-state index contributed by atoms with van der Waals surface area (Å²) in [6, 6.07) is 96.1. The number of anilines is 3. The van der Waals surface area contributed by atoms with Gasteiger partial charge in [-0.15, -0.1) is 0 Å². The summed E-state index contributed by atoms with van der Waals surface area (Å²) in [4.78, 5) is 2.40. The van der Waals surface area contributed by atoms with E-state index in [-0.39, 0.29) is 0 Å². The second kappa shape index (κ2) is 16.9. The lowest BCUT2D eigenvalue weighted by Crippen LogP contribution is -2.11. The van der Waals surface area contributed by atoms with Crippen LogP contribution in [-0.2, 0) is 0 Å². The number of nitrogens with zero attached hydrogens (tertiary/aromatic N) is 2. The van der Waals surface area contributed by atoms with Gasteiger partial charge in [0.15, 0.2) is 0 Å². The summed E-state index contributed by atoms with van der Waals surface area (Å²) < 4.78 is 8.90. The number of rotatable bonds is 9. The highest BCUT2D eigenvalue weighted by atomic mass is 16.3. The summed E-state index contributed by atoms with van der Waals surface area (Å²) in [6.45, 7) is 0. The average Bonchev–Trinajstić information content (AvgIpc) is 3.98. The van der Waals surface area contributed by atoms with Gasteiger partial charge in [-0.3, -0.25) is 0 Å². The van der Waals surface area contributed by atoms with Gasteiger partial charge in [0.05, 0.1) is 22.4 Å². The minimum Gasteiger partial charge on any atom is -0.455 e. The van der Waals surface area contributed by atoms with E-state index in [1.165, 1.54) is 38.5 Å². The molecule has 13 rings (SSSR count). The Hall–Kier alpha value is -9.18. The minimum atomic E-state index is 0.898. The van der Waals surface area contributed by atoms with E-state index in [0.29, 0.717) is 0 Å². The smallest absolute Gasteiger partial charge is 0.143 e. The van der Waals surface area contributed by atoms with Crippen molar-refractivity contribution in [3.63, 3.8) is 0 Å². The molecule has 13 aromatic rings. The van der Waals surface area contributed by atoms with Crippen LogP contribution >= 0.6 is 0 Å². The quantitative estimate of drug-likeness (QED) is 0.144. The molecule has 0 saturated heterocycles. The van der Waals surface area contributed by atoms with Crippen molar-refractivity contribution in [1.29, 1.82) is 0 Å². The summed E-state index contributed by atoms with van der Waals surface area (Å²) in [6.07, 6.45) is 0. The normalized spacial score (nSPS) is 11.5. The Balaban J connectivity index is 0.912. The van der Waals surface area contributed by atoms with Crippen LogP contribution in [0.5, 0.6) is 0 Å². The number of aromatic nitrogens is 1. The summed E-state index contributed by atoms with van der Waals surface area (Å²) in [7, 11) is 0. The summed E-state index contributed by atoms with van der Waals surface area (Å²) in [5, 5.41) is 4.76.